The van der Waals surface area contributed by atoms with Gasteiger partial charge >= 0.3 is 0 Å². The van der Waals surface area contributed by atoms with Crippen molar-refractivity contribution < 1.29 is 0 Å². The van der Waals surface area contributed by atoms with Gasteiger partial charge in [-0.3, -0.25) is 4.57 Å². The molecule has 0 unspecified atom stereocenters. The fourth-order valence-corrected chi connectivity index (χ4v) is 14.3. The van der Waals surface area contributed by atoms with E-state index >= 15 is 0 Å². The number of aromatic nitrogens is 4. The van der Waals surface area contributed by atoms with Crippen molar-refractivity contribution in [1.82, 2.24) is 19.5 Å². The zero-order chi connectivity index (χ0) is 42.2. The SMILES string of the molecule is Clc1nc(-c2cccc([Si](c3cccc(-c4ccccc4)c3)(c3cccc(-c4ccccc4)c3)c3cccc(-c4ccccc4)c3)c2)nc(-n2c3ccccc3c3ccccc32)n1. The van der Waals surface area contributed by atoms with E-state index in [4.69, 9.17) is 26.6 Å². The molecule has 6 heteroatoms. The van der Waals surface area contributed by atoms with Crippen LogP contribution in [0.1, 0.15) is 0 Å². The Hall–Kier alpha value is -7.70. The van der Waals surface area contributed by atoms with Crippen molar-refractivity contribution in [2.45, 2.75) is 0 Å². The molecular weight excluding hydrogens is 804 g/mol. The van der Waals surface area contributed by atoms with Gasteiger partial charge in [-0.15, -0.1) is 0 Å². The van der Waals surface area contributed by atoms with Gasteiger partial charge in [0.2, 0.25) is 11.2 Å². The Morgan fingerprint density at radius 2 is 0.667 bits per heavy atom. The van der Waals surface area contributed by atoms with Crippen LogP contribution >= 0.6 is 11.6 Å². The fourth-order valence-electron chi connectivity index (χ4n) is 9.29. The summed E-state index contributed by atoms with van der Waals surface area (Å²) in [5, 5.41) is 7.35. The summed E-state index contributed by atoms with van der Waals surface area (Å²) in [7, 11) is -3.22. The maximum Gasteiger partial charge on any atom is 0.239 e. The minimum absolute atomic E-state index is 0.132. The molecule has 298 valence electrons. The second kappa shape index (κ2) is 16.3. The first-order valence-electron chi connectivity index (χ1n) is 21.1. The smallest absolute Gasteiger partial charge is 0.239 e. The van der Waals surface area contributed by atoms with Crippen molar-refractivity contribution in [3.63, 3.8) is 0 Å². The molecule has 11 rings (SSSR count). The van der Waals surface area contributed by atoms with E-state index in [1.807, 2.05) is 12.1 Å². The minimum atomic E-state index is -3.22. The second-order valence-corrected chi connectivity index (χ2v) is 19.9. The molecule has 0 aliphatic carbocycles. The summed E-state index contributed by atoms with van der Waals surface area (Å²) >= 11 is 6.90. The highest BCUT2D eigenvalue weighted by atomic mass is 35.5. The quantitative estimate of drug-likeness (QED) is 0.107. The minimum Gasteiger partial charge on any atom is -0.278 e. The first-order valence-corrected chi connectivity index (χ1v) is 23.5. The monoisotopic (exact) mass is 842 g/mol. The topological polar surface area (TPSA) is 43.6 Å². The number of fused-ring (bicyclic) bond motifs is 3. The van der Waals surface area contributed by atoms with Crippen molar-refractivity contribution >= 4 is 62.2 Å². The molecule has 0 fully saturated rings. The van der Waals surface area contributed by atoms with E-state index in [1.54, 1.807) is 0 Å². The number of hydrogen-bond donors (Lipinski definition) is 0. The third-order valence-corrected chi connectivity index (χ3v) is 17.0. The predicted molar refractivity (Wildman–Crippen MR) is 265 cm³/mol. The van der Waals surface area contributed by atoms with Crippen molar-refractivity contribution in [2.24, 2.45) is 0 Å². The van der Waals surface area contributed by atoms with E-state index in [0.717, 1.165) is 27.4 Å². The van der Waals surface area contributed by atoms with Gasteiger partial charge in [0.25, 0.3) is 0 Å². The molecule has 0 spiro atoms. The lowest BCUT2D eigenvalue weighted by Crippen LogP contribution is -2.74. The molecule has 0 saturated carbocycles. The van der Waals surface area contributed by atoms with Gasteiger partial charge in [-0.1, -0.05) is 224 Å². The number of benzene rings is 9. The van der Waals surface area contributed by atoms with E-state index in [0.29, 0.717) is 11.8 Å². The van der Waals surface area contributed by atoms with Gasteiger partial charge in [-0.25, -0.2) is 0 Å². The van der Waals surface area contributed by atoms with Crippen LogP contribution in [0.25, 0.3) is 72.5 Å². The number of halogens is 1. The highest BCUT2D eigenvalue weighted by Gasteiger charge is 2.42. The van der Waals surface area contributed by atoms with E-state index in [1.165, 1.54) is 54.1 Å². The summed E-state index contributed by atoms with van der Waals surface area (Å²) < 4.78 is 2.09. The lowest BCUT2D eigenvalue weighted by atomic mass is 10.1. The summed E-state index contributed by atoms with van der Waals surface area (Å²) in [5.74, 6) is 0.976. The molecule has 0 aliphatic heterocycles. The van der Waals surface area contributed by atoms with Gasteiger partial charge in [0.15, 0.2) is 13.9 Å². The summed E-state index contributed by atoms with van der Waals surface area (Å²) in [5.41, 5.74) is 9.87. The van der Waals surface area contributed by atoms with E-state index in [-0.39, 0.29) is 5.28 Å². The second-order valence-electron chi connectivity index (χ2n) is 15.8. The largest absolute Gasteiger partial charge is 0.278 e. The van der Waals surface area contributed by atoms with Gasteiger partial charge in [0, 0.05) is 16.3 Å². The molecule has 0 aliphatic rings. The molecule has 0 amide bonds. The van der Waals surface area contributed by atoms with Crippen LogP contribution in [-0.2, 0) is 0 Å². The molecule has 11 aromatic rings. The average Bonchev–Trinajstić information content (AvgIpc) is 3.70. The number of para-hydroxylation sites is 2. The van der Waals surface area contributed by atoms with Crippen LogP contribution in [0.5, 0.6) is 0 Å². The maximum atomic E-state index is 6.90. The Kier molecular flexibility index (Phi) is 9.89. The molecule has 2 aromatic heterocycles. The van der Waals surface area contributed by atoms with Crippen LogP contribution in [0, 0.1) is 0 Å². The number of hydrogen-bond acceptors (Lipinski definition) is 3. The lowest BCUT2D eigenvalue weighted by Gasteiger charge is -2.35. The molecule has 0 atom stereocenters. The third-order valence-electron chi connectivity index (χ3n) is 12.1. The van der Waals surface area contributed by atoms with Gasteiger partial charge in [-0.2, -0.15) is 15.0 Å². The van der Waals surface area contributed by atoms with Crippen LogP contribution in [0.4, 0.5) is 0 Å². The van der Waals surface area contributed by atoms with Crippen LogP contribution in [0.15, 0.2) is 237 Å². The molecule has 4 nitrogen and oxygen atoms in total. The van der Waals surface area contributed by atoms with Crippen molar-refractivity contribution in [1.29, 1.82) is 0 Å². The Labute approximate surface area is 372 Å². The normalized spacial score (nSPS) is 11.6. The average molecular weight is 844 g/mol. The van der Waals surface area contributed by atoms with Crippen LogP contribution < -0.4 is 20.7 Å². The molecular formula is C57H39ClN4Si. The Morgan fingerprint density at radius 3 is 1.10 bits per heavy atom. The first kappa shape index (κ1) is 38.2. The Morgan fingerprint density at radius 1 is 0.317 bits per heavy atom. The van der Waals surface area contributed by atoms with Crippen molar-refractivity contribution in [2.75, 3.05) is 0 Å². The molecule has 63 heavy (non-hydrogen) atoms. The summed E-state index contributed by atoms with van der Waals surface area (Å²) in [6, 6.07) is 85.1. The maximum absolute atomic E-state index is 6.90. The van der Waals surface area contributed by atoms with E-state index in [2.05, 4.69) is 229 Å². The van der Waals surface area contributed by atoms with Gasteiger partial charge < -0.3 is 0 Å². The summed E-state index contributed by atoms with van der Waals surface area (Å²) in [4.78, 5) is 14.8. The van der Waals surface area contributed by atoms with Crippen LogP contribution in [0.2, 0.25) is 5.28 Å². The van der Waals surface area contributed by atoms with E-state index < -0.39 is 8.07 Å². The van der Waals surface area contributed by atoms with Gasteiger partial charge in [-0.05, 0) is 77.9 Å². The standard InChI is InChI=1S/C57H39ClN4Si/c58-56-59-55(60-57(61-56)62-53-34-12-10-32-51(53)52-33-11-13-35-54(52)62)46-27-17-31-50(39-46)63(47-28-14-24-43(36-47)40-18-4-1-5-19-40,48-29-15-25-44(37-48)41-20-6-2-7-21-41)49-30-16-26-45(38-49)42-22-8-3-9-23-42/h1-39H. The predicted octanol–water partition coefficient (Wildman–Crippen LogP) is 11.7. The van der Waals surface area contributed by atoms with Crippen molar-refractivity contribution in [3.8, 4) is 50.7 Å². The van der Waals surface area contributed by atoms with Gasteiger partial charge in [0.05, 0.1) is 11.0 Å². The Bertz CT molecular complexity index is 3170. The summed E-state index contributed by atoms with van der Waals surface area (Å²) in [6.45, 7) is 0. The van der Waals surface area contributed by atoms with Crippen LogP contribution in [0.3, 0.4) is 0 Å². The highest BCUT2D eigenvalue weighted by molar-refractivity contribution is 7.20. The molecule has 9 aromatic carbocycles. The third kappa shape index (κ3) is 6.94. The molecule has 2 heterocycles. The zero-order valence-electron chi connectivity index (χ0n) is 34.2. The summed E-state index contributed by atoms with van der Waals surface area (Å²) in [6.07, 6.45) is 0. The highest BCUT2D eigenvalue weighted by Crippen LogP contribution is 2.32. The molecule has 0 bridgehead atoms. The Balaban J connectivity index is 1.19. The number of rotatable bonds is 9. The first-order chi connectivity index (χ1) is 31.1. The molecule has 0 saturated heterocycles. The van der Waals surface area contributed by atoms with Crippen LogP contribution in [-0.4, -0.2) is 27.6 Å². The zero-order valence-corrected chi connectivity index (χ0v) is 35.9. The fraction of sp³-hybridized carbons (Fsp3) is 0. The van der Waals surface area contributed by atoms with Crippen molar-refractivity contribution in [3.05, 3.63) is 242 Å². The lowest BCUT2D eigenvalue weighted by molar-refractivity contribution is 0.947. The number of nitrogens with zero attached hydrogens (tertiary/aromatic N) is 4. The van der Waals surface area contributed by atoms with Gasteiger partial charge in [0.1, 0.15) is 0 Å². The van der Waals surface area contributed by atoms with E-state index in [9.17, 15) is 0 Å². The molecule has 0 N–H and O–H groups in total. The molecule has 0 radical (unpaired) electrons.